The van der Waals surface area contributed by atoms with Gasteiger partial charge in [0.05, 0.1) is 4.92 Å². The normalized spacial score (nSPS) is 12.0. The molecule has 0 aliphatic heterocycles. The van der Waals surface area contributed by atoms with E-state index >= 15 is 0 Å². The number of ether oxygens (including phenoxy) is 1. The maximum atomic E-state index is 11.9. The monoisotopic (exact) mass is 295 g/mol. The zero-order valence-corrected chi connectivity index (χ0v) is 12.5. The number of amides is 1. The lowest BCUT2D eigenvalue weighted by molar-refractivity contribution is -0.386. The molecule has 0 radical (unpaired) electrons. The molecule has 1 aromatic rings. The molecule has 3 N–H and O–H groups in total. The molecule has 0 bridgehead atoms. The number of nitrogens with one attached hydrogen (secondary N) is 1. The molecule has 1 rings (SSSR count). The average molecular weight is 295 g/mol. The van der Waals surface area contributed by atoms with Gasteiger partial charge in [-0.2, -0.15) is 0 Å². The van der Waals surface area contributed by atoms with Gasteiger partial charge in [-0.15, -0.1) is 0 Å². The summed E-state index contributed by atoms with van der Waals surface area (Å²) in [6.07, 6.45) is -0.824. The third-order valence-corrected chi connectivity index (χ3v) is 2.81. The van der Waals surface area contributed by atoms with E-state index in [2.05, 4.69) is 5.32 Å². The SMILES string of the molecule is CC(C)CNC(=O)C(C)Oc1cc(CN)ccc1[N+](=O)[O-]. The predicted molar refractivity (Wildman–Crippen MR) is 78.9 cm³/mol. The molecule has 0 aliphatic rings. The summed E-state index contributed by atoms with van der Waals surface area (Å²) in [5, 5.41) is 13.7. The third-order valence-electron chi connectivity index (χ3n) is 2.81. The third kappa shape index (κ3) is 5.03. The molecule has 1 amide bonds. The van der Waals surface area contributed by atoms with Crippen LogP contribution >= 0.6 is 0 Å². The van der Waals surface area contributed by atoms with E-state index in [-0.39, 0.29) is 23.9 Å². The standard InChI is InChI=1S/C14H21N3O4/c1-9(2)8-16-14(18)10(3)21-13-6-11(7-15)4-5-12(13)17(19)20/h4-6,9-10H,7-8,15H2,1-3H3,(H,16,18). The van der Waals surface area contributed by atoms with E-state index in [1.54, 1.807) is 13.0 Å². The molecule has 0 aromatic heterocycles. The summed E-state index contributed by atoms with van der Waals surface area (Å²) < 4.78 is 5.43. The Morgan fingerprint density at radius 2 is 2.10 bits per heavy atom. The Morgan fingerprint density at radius 1 is 1.43 bits per heavy atom. The minimum atomic E-state index is -0.824. The van der Waals surface area contributed by atoms with Crippen molar-refractivity contribution in [1.29, 1.82) is 0 Å². The van der Waals surface area contributed by atoms with Gasteiger partial charge in [0.25, 0.3) is 5.91 Å². The second-order valence-electron chi connectivity index (χ2n) is 5.16. The van der Waals surface area contributed by atoms with E-state index in [0.717, 1.165) is 0 Å². The lowest BCUT2D eigenvalue weighted by Crippen LogP contribution is -2.38. The van der Waals surface area contributed by atoms with Gasteiger partial charge in [-0.25, -0.2) is 0 Å². The Balaban J connectivity index is 2.85. The van der Waals surface area contributed by atoms with E-state index < -0.39 is 11.0 Å². The summed E-state index contributed by atoms with van der Waals surface area (Å²) in [6, 6.07) is 4.38. The van der Waals surface area contributed by atoms with Crippen molar-refractivity contribution in [2.75, 3.05) is 6.54 Å². The number of carbonyl (C=O) groups excluding carboxylic acids is 1. The van der Waals surface area contributed by atoms with Crippen molar-refractivity contribution in [3.8, 4) is 5.75 Å². The fourth-order valence-electron chi connectivity index (χ4n) is 1.62. The van der Waals surface area contributed by atoms with Crippen LogP contribution in [0.15, 0.2) is 18.2 Å². The molecular formula is C14H21N3O4. The lowest BCUT2D eigenvalue weighted by atomic mass is 10.2. The number of benzene rings is 1. The highest BCUT2D eigenvalue weighted by Crippen LogP contribution is 2.28. The summed E-state index contributed by atoms with van der Waals surface area (Å²) in [5.41, 5.74) is 6.03. The molecule has 116 valence electrons. The van der Waals surface area contributed by atoms with E-state index in [9.17, 15) is 14.9 Å². The quantitative estimate of drug-likeness (QED) is 0.586. The first-order chi connectivity index (χ1) is 9.85. The van der Waals surface area contributed by atoms with Crippen LogP contribution in [0, 0.1) is 16.0 Å². The Bertz CT molecular complexity index is 517. The number of nitro benzene ring substituents is 1. The number of nitro groups is 1. The molecule has 7 heteroatoms. The Morgan fingerprint density at radius 3 is 2.62 bits per heavy atom. The van der Waals surface area contributed by atoms with Crippen molar-refractivity contribution in [1.82, 2.24) is 5.32 Å². The van der Waals surface area contributed by atoms with Crippen LogP contribution in [0.2, 0.25) is 0 Å². The van der Waals surface area contributed by atoms with E-state index in [1.807, 2.05) is 13.8 Å². The summed E-state index contributed by atoms with van der Waals surface area (Å²) >= 11 is 0. The highest BCUT2D eigenvalue weighted by Gasteiger charge is 2.21. The highest BCUT2D eigenvalue weighted by atomic mass is 16.6. The van der Waals surface area contributed by atoms with Crippen molar-refractivity contribution < 1.29 is 14.5 Å². The van der Waals surface area contributed by atoms with Crippen molar-refractivity contribution in [2.24, 2.45) is 11.7 Å². The van der Waals surface area contributed by atoms with Crippen LogP contribution < -0.4 is 15.8 Å². The molecule has 0 saturated heterocycles. The van der Waals surface area contributed by atoms with Crippen molar-refractivity contribution in [3.63, 3.8) is 0 Å². The lowest BCUT2D eigenvalue weighted by Gasteiger charge is -2.16. The molecule has 1 atom stereocenters. The fraction of sp³-hybridized carbons (Fsp3) is 0.500. The molecular weight excluding hydrogens is 274 g/mol. The number of nitrogens with zero attached hydrogens (tertiary/aromatic N) is 1. The molecule has 0 heterocycles. The molecule has 0 fully saturated rings. The molecule has 0 aliphatic carbocycles. The van der Waals surface area contributed by atoms with Crippen LogP contribution in [0.3, 0.4) is 0 Å². The molecule has 21 heavy (non-hydrogen) atoms. The van der Waals surface area contributed by atoms with Crippen LogP contribution in [0.25, 0.3) is 0 Å². The number of hydrogen-bond donors (Lipinski definition) is 2. The van der Waals surface area contributed by atoms with Crippen LogP contribution in [-0.4, -0.2) is 23.5 Å². The topological polar surface area (TPSA) is 107 Å². The summed E-state index contributed by atoms with van der Waals surface area (Å²) in [5.74, 6) is 0.0577. The van der Waals surface area contributed by atoms with E-state index in [1.165, 1.54) is 12.1 Å². The Kier molecular flexibility index (Phi) is 6.10. The summed E-state index contributed by atoms with van der Waals surface area (Å²) in [4.78, 5) is 22.3. The number of hydrogen-bond acceptors (Lipinski definition) is 5. The molecule has 0 saturated carbocycles. The van der Waals surface area contributed by atoms with Gasteiger partial charge in [0.2, 0.25) is 0 Å². The molecule has 7 nitrogen and oxygen atoms in total. The number of rotatable bonds is 7. The first-order valence-electron chi connectivity index (χ1n) is 6.77. The van der Waals surface area contributed by atoms with E-state index in [4.69, 9.17) is 10.5 Å². The van der Waals surface area contributed by atoms with Crippen LogP contribution in [-0.2, 0) is 11.3 Å². The molecule has 1 unspecified atom stereocenters. The van der Waals surface area contributed by atoms with Gasteiger partial charge in [0, 0.05) is 19.2 Å². The second-order valence-corrected chi connectivity index (χ2v) is 5.16. The second kappa shape index (κ2) is 7.58. The van der Waals surface area contributed by atoms with Crippen LogP contribution in [0.5, 0.6) is 5.75 Å². The van der Waals surface area contributed by atoms with Gasteiger partial charge in [0.15, 0.2) is 11.9 Å². The van der Waals surface area contributed by atoms with Crippen molar-refractivity contribution in [2.45, 2.75) is 33.4 Å². The van der Waals surface area contributed by atoms with Gasteiger partial charge in [-0.05, 0) is 24.5 Å². The first kappa shape index (κ1) is 16.9. The molecule has 1 aromatic carbocycles. The first-order valence-corrected chi connectivity index (χ1v) is 6.77. The highest BCUT2D eigenvalue weighted by molar-refractivity contribution is 5.80. The molecule has 0 spiro atoms. The largest absolute Gasteiger partial charge is 0.474 e. The zero-order valence-electron chi connectivity index (χ0n) is 12.5. The Hall–Kier alpha value is -2.15. The average Bonchev–Trinajstić information content (AvgIpc) is 2.43. The van der Waals surface area contributed by atoms with Gasteiger partial charge < -0.3 is 15.8 Å². The number of nitrogens with two attached hydrogens (primary N) is 1. The van der Waals surface area contributed by atoms with Gasteiger partial charge in [0.1, 0.15) is 0 Å². The zero-order chi connectivity index (χ0) is 16.0. The summed E-state index contributed by atoms with van der Waals surface area (Å²) in [6.45, 7) is 6.26. The fourth-order valence-corrected chi connectivity index (χ4v) is 1.62. The van der Waals surface area contributed by atoms with E-state index in [0.29, 0.717) is 18.0 Å². The van der Waals surface area contributed by atoms with Crippen molar-refractivity contribution in [3.05, 3.63) is 33.9 Å². The minimum Gasteiger partial charge on any atom is -0.474 e. The van der Waals surface area contributed by atoms with Crippen LogP contribution in [0.4, 0.5) is 5.69 Å². The van der Waals surface area contributed by atoms with Crippen molar-refractivity contribution >= 4 is 11.6 Å². The van der Waals surface area contributed by atoms with Gasteiger partial charge >= 0.3 is 5.69 Å². The maximum absolute atomic E-state index is 11.9. The smallest absolute Gasteiger partial charge is 0.310 e. The Labute approximate surface area is 123 Å². The minimum absolute atomic E-state index is 0.0511. The van der Waals surface area contributed by atoms with Gasteiger partial charge in [-0.1, -0.05) is 19.9 Å². The van der Waals surface area contributed by atoms with Crippen LogP contribution in [0.1, 0.15) is 26.3 Å². The predicted octanol–water partition coefficient (Wildman–Crippen LogP) is 1.59. The summed E-state index contributed by atoms with van der Waals surface area (Å²) in [7, 11) is 0. The maximum Gasteiger partial charge on any atom is 0.310 e. The number of carbonyl (C=O) groups is 1. The van der Waals surface area contributed by atoms with Gasteiger partial charge in [-0.3, -0.25) is 14.9 Å².